The smallest absolute Gasteiger partial charge is 0.293 e. The fourth-order valence-corrected chi connectivity index (χ4v) is 2.91. The van der Waals surface area contributed by atoms with Crippen LogP contribution in [0.25, 0.3) is 0 Å². The Morgan fingerprint density at radius 1 is 1.24 bits per heavy atom. The number of hydrogen-bond acceptors (Lipinski definition) is 6. The average Bonchev–Trinajstić information content (AvgIpc) is 2.47. The van der Waals surface area contributed by atoms with Gasteiger partial charge in [-0.15, -0.1) is 0 Å². The number of nitrogens with zero attached hydrogens (tertiary/aromatic N) is 3. The summed E-state index contributed by atoms with van der Waals surface area (Å²) >= 11 is 0. The van der Waals surface area contributed by atoms with Crippen LogP contribution in [0.3, 0.4) is 0 Å². The van der Waals surface area contributed by atoms with Gasteiger partial charge in [-0.05, 0) is 24.3 Å². The number of aromatic nitrogens is 1. The molecule has 0 saturated carbocycles. The van der Waals surface area contributed by atoms with Crippen LogP contribution >= 0.6 is 0 Å². The zero-order valence-corrected chi connectivity index (χ0v) is 11.8. The number of nitrogens with two attached hydrogens (primary N) is 1. The highest BCUT2D eigenvalue weighted by atomic mass is 32.2. The molecule has 1 aromatic carbocycles. The van der Waals surface area contributed by atoms with Crippen LogP contribution in [0.4, 0.5) is 17.1 Å². The quantitative estimate of drug-likeness (QED) is 0.518. The summed E-state index contributed by atoms with van der Waals surface area (Å²) in [5, 5.41) is 10.8. The van der Waals surface area contributed by atoms with Crippen molar-refractivity contribution in [3.8, 4) is 0 Å². The highest BCUT2D eigenvalue weighted by molar-refractivity contribution is 7.92. The molecule has 21 heavy (non-hydrogen) atoms. The first kappa shape index (κ1) is 14.7. The van der Waals surface area contributed by atoms with Crippen molar-refractivity contribution in [3.05, 3.63) is 52.8 Å². The van der Waals surface area contributed by atoms with Gasteiger partial charge in [-0.2, -0.15) is 0 Å². The minimum atomic E-state index is -3.92. The van der Waals surface area contributed by atoms with Crippen LogP contribution in [0, 0.1) is 10.1 Å². The number of benzene rings is 1. The van der Waals surface area contributed by atoms with Gasteiger partial charge in [-0.1, -0.05) is 0 Å². The number of anilines is 2. The SMILES string of the molecule is CN(c1ccncc1)S(=O)(=O)c1ccc(N)c([N+](=O)[O-])c1. The van der Waals surface area contributed by atoms with Crippen LogP contribution in [0.1, 0.15) is 0 Å². The minimum Gasteiger partial charge on any atom is -0.393 e. The molecule has 1 aromatic heterocycles. The molecule has 2 aromatic rings. The van der Waals surface area contributed by atoms with E-state index in [1.807, 2.05) is 0 Å². The number of nitro benzene ring substituents is 1. The Balaban J connectivity index is 2.50. The van der Waals surface area contributed by atoms with Gasteiger partial charge < -0.3 is 5.73 Å². The van der Waals surface area contributed by atoms with Crippen molar-refractivity contribution in [3.63, 3.8) is 0 Å². The lowest BCUT2D eigenvalue weighted by Gasteiger charge is -2.19. The summed E-state index contributed by atoms with van der Waals surface area (Å²) in [7, 11) is -2.57. The number of rotatable bonds is 4. The maximum atomic E-state index is 12.5. The Labute approximate surface area is 121 Å². The van der Waals surface area contributed by atoms with E-state index < -0.39 is 20.6 Å². The Morgan fingerprint density at radius 3 is 2.43 bits per heavy atom. The van der Waals surface area contributed by atoms with Gasteiger partial charge in [0.2, 0.25) is 0 Å². The highest BCUT2D eigenvalue weighted by Gasteiger charge is 2.24. The molecule has 2 N–H and O–H groups in total. The highest BCUT2D eigenvalue weighted by Crippen LogP contribution is 2.28. The summed E-state index contributed by atoms with van der Waals surface area (Å²) in [5.41, 5.74) is 5.32. The third-order valence-corrected chi connectivity index (χ3v) is 4.66. The summed E-state index contributed by atoms with van der Waals surface area (Å²) in [6.07, 6.45) is 2.90. The topological polar surface area (TPSA) is 119 Å². The predicted octanol–water partition coefficient (Wildman–Crippen LogP) is 1.40. The van der Waals surface area contributed by atoms with Crippen LogP contribution in [0.5, 0.6) is 0 Å². The monoisotopic (exact) mass is 308 g/mol. The van der Waals surface area contributed by atoms with Gasteiger partial charge in [0.15, 0.2) is 0 Å². The fourth-order valence-electron chi connectivity index (χ4n) is 1.69. The lowest BCUT2D eigenvalue weighted by atomic mass is 10.3. The van der Waals surface area contributed by atoms with Crippen molar-refractivity contribution in [2.45, 2.75) is 4.90 Å². The van der Waals surface area contributed by atoms with E-state index in [0.29, 0.717) is 5.69 Å². The summed E-state index contributed by atoms with van der Waals surface area (Å²) in [5.74, 6) is 0. The number of nitro groups is 1. The Kier molecular flexibility index (Phi) is 3.76. The molecular weight excluding hydrogens is 296 g/mol. The van der Waals surface area contributed by atoms with Crippen LogP contribution in [-0.2, 0) is 10.0 Å². The van der Waals surface area contributed by atoms with Crippen molar-refractivity contribution in [1.29, 1.82) is 0 Å². The first-order valence-electron chi connectivity index (χ1n) is 5.77. The Hall–Kier alpha value is -2.68. The summed E-state index contributed by atoms with van der Waals surface area (Å²) in [6, 6.07) is 6.41. The molecule has 0 radical (unpaired) electrons. The largest absolute Gasteiger partial charge is 0.393 e. The maximum Gasteiger partial charge on any atom is 0.293 e. The standard InChI is InChI=1S/C12H12N4O4S/c1-15(9-4-6-14-7-5-9)21(19,20)10-2-3-11(13)12(8-10)16(17)18/h2-8H,13H2,1H3. The molecule has 0 aliphatic rings. The van der Waals surface area contributed by atoms with E-state index in [1.165, 1.54) is 43.7 Å². The van der Waals surface area contributed by atoms with E-state index in [2.05, 4.69) is 4.98 Å². The summed E-state index contributed by atoms with van der Waals surface area (Å²) in [6.45, 7) is 0. The average molecular weight is 308 g/mol. The molecular formula is C12H12N4O4S. The van der Waals surface area contributed by atoms with E-state index in [-0.39, 0.29) is 10.6 Å². The van der Waals surface area contributed by atoms with Crippen molar-refractivity contribution >= 4 is 27.1 Å². The van der Waals surface area contributed by atoms with E-state index in [4.69, 9.17) is 5.73 Å². The molecule has 9 heteroatoms. The molecule has 1 heterocycles. The molecule has 0 saturated heterocycles. The maximum absolute atomic E-state index is 12.5. The number of hydrogen-bond donors (Lipinski definition) is 1. The van der Waals surface area contributed by atoms with E-state index >= 15 is 0 Å². The molecule has 8 nitrogen and oxygen atoms in total. The first-order chi connectivity index (χ1) is 9.84. The minimum absolute atomic E-state index is 0.0921. The number of pyridine rings is 1. The molecule has 0 spiro atoms. The molecule has 0 bridgehead atoms. The number of sulfonamides is 1. The lowest BCUT2D eigenvalue weighted by Crippen LogP contribution is -2.26. The Bertz CT molecular complexity index is 777. The Morgan fingerprint density at radius 2 is 1.86 bits per heavy atom. The molecule has 0 aliphatic carbocycles. The summed E-state index contributed by atoms with van der Waals surface area (Å²) in [4.78, 5) is 13.7. The molecule has 0 amide bonds. The summed E-state index contributed by atoms with van der Waals surface area (Å²) < 4.78 is 25.9. The van der Waals surface area contributed by atoms with Crippen molar-refractivity contribution in [2.24, 2.45) is 0 Å². The molecule has 0 atom stereocenters. The lowest BCUT2D eigenvalue weighted by molar-refractivity contribution is -0.384. The van der Waals surface area contributed by atoms with Crippen LogP contribution in [0.15, 0.2) is 47.6 Å². The second kappa shape index (κ2) is 5.37. The van der Waals surface area contributed by atoms with E-state index in [9.17, 15) is 18.5 Å². The van der Waals surface area contributed by atoms with Crippen molar-refractivity contribution in [2.75, 3.05) is 17.1 Å². The van der Waals surface area contributed by atoms with Crippen LogP contribution in [-0.4, -0.2) is 25.4 Å². The predicted molar refractivity (Wildman–Crippen MR) is 77.3 cm³/mol. The van der Waals surface area contributed by atoms with E-state index in [0.717, 1.165) is 10.4 Å². The van der Waals surface area contributed by atoms with Crippen molar-refractivity contribution in [1.82, 2.24) is 4.98 Å². The van der Waals surface area contributed by atoms with Gasteiger partial charge >= 0.3 is 0 Å². The van der Waals surface area contributed by atoms with Gasteiger partial charge in [0, 0.05) is 25.5 Å². The number of nitrogen functional groups attached to an aromatic ring is 1. The molecule has 0 unspecified atom stereocenters. The van der Waals surface area contributed by atoms with Gasteiger partial charge in [0.05, 0.1) is 15.5 Å². The molecule has 0 aliphatic heterocycles. The van der Waals surface area contributed by atoms with E-state index in [1.54, 1.807) is 0 Å². The van der Waals surface area contributed by atoms with Crippen molar-refractivity contribution < 1.29 is 13.3 Å². The van der Waals surface area contributed by atoms with Gasteiger partial charge in [-0.3, -0.25) is 19.4 Å². The third kappa shape index (κ3) is 2.77. The van der Waals surface area contributed by atoms with Gasteiger partial charge in [-0.25, -0.2) is 8.42 Å². The zero-order chi connectivity index (χ0) is 15.6. The molecule has 0 fully saturated rings. The first-order valence-corrected chi connectivity index (χ1v) is 7.21. The van der Waals surface area contributed by atoms with Gasteiger partial charge in [0.25, 0.3) is 15.7 Å². The van der Waals surface area contributed by atoms with Crippen LogP contribution in [0.2, 0.25) is 0 Å². The molecule has 2 rings (SSSR count). The normalized spacial score (nSPS) is 11.1. The second-order valence-electron chi connectivity index (χ2n) is 4.16. The van der Waals surface area contributed by atoms with Gasteiger partial charge in [0.1, 0.15) is 5.69 Å². The van der Waals surface area contributed by atoms with Crippen LogP contribution < -0.4 is 10.0 Å². The third-order valence-electron chi connectivity index (χ3n) is 2.88. The second-order valence-corrected chi connectivity index (χ2v) is 6.12. The molecule has 110 valence electrons. The fraction of sp³-hybridized carbons (Fsp3) is 0.0833. The zero-order valence-electron chi connectivity index (χ0n) is 11.0.